The van der Waals surface area contributed by atoms with E-state index >= 15 is 0 Å². The summed E-state index contributed by atoms with van der Waals surface area (Å²) in [5, 5.41) is 4.72. The molecule has 0 saturated carbocycles. The molecule has 0 bridgehead atoms. The summed E-state index contributed by atoms with van der Waals surface area (Å²) in [6.07, 6.45) is 0. The number of halogens is 1. The number of aromatic nitrogens is 1. The van der Waals surface area contributed by atoms with Crippen molar-refractivity contribution in [3.05, 3.63) is 77.3 Å². The monoisotopic (exact) mass is 373 g/mol. The number of rotatable bonds is 1. The Balaban J connectivity index is 1.86. The van der Waals surface area contributed by atoms with Gasteiger partial charge in [-0.1, -0.05) is 58.4 Å². The number of hydrogen-bond donors (Lipinski definition) is 0. The molecule has 0 unspecified atom stereocenters. The molecule has 0 fully saturated rings. The first-order chi connectivity index (χ1) is 11.8. The highest BCUT2D eigenvalue weighted by Crippen LogP contribution is 2.35. The van der Waals surface area contributed by atoms with E-state index in [1.807, 2.05) is 36.4 Å². The maximum absolute atomic E-state index is 5.98. The van der Waals surface area contributed by atoms with Gasteiger partial charge in [-0.3, -0.25) is 0 Å². The Bertz CT molecular complexity index is 1210. The van der Waals surface area contributed by atoms with Crippen LogP contribution in [-0.4, -0.2) is 4.98 Å². The summed E-state index contributed by atoms with van der Waals surface area (Å²) in [5.41, 5.74) is 2.72. The molecule has 0 radical (unpaired) electrons. The van der Waals surface area contributed by atoms with Gasteiger partial charge in [0, 0.05) is 15.4 Å². The highest BCUT2D eigenvalue weighted by atomic mass is 79.9. The van der Waals surface area contributed by atoms with Gasteiger partial charge in [0.1, 0.15) is 5.52 Å². The van der Waals surface area contributed by atoms with Crippen molar-refractivity contribution in [3.63, 3.8) is 0 Å². The lowest BCUT2D eigenvalue weighted by Crippen LogP contribution is -1.81. The van der Waals surface area contributed by atoms with E-state index in [1.54, 1.807) is 0 Å². The fraction of sp³-hybridized carbons (Fsp3) is 0. The van der Waals surface area contributed by atoms with Gasteiger partial charge in [-0.2, -0.15) is 0 Å². The van der Waals surface area contributed by atoms with Crippen molar-refractivity contribution < 1.29 is 4.42 Å². The zero-order valence-electron chi connectivity index (χ0n) is 12.7. The summed E-state index contributed by atoms with van der Waals surface area (Å²) in [6, 6.07) is 24.7. The highest BCUT2D eigenvalue weighted by molar-refractivity contribution is 9.10. The van der Waals surface area contributed by atoms with Crippen molar-refractivity contribution in [2.24, 2.45) is 0 Å². The van der Waals surface area contributed by atoms with Gasteiger partial charge < -0.3 is 4.42 Å². The minimum Gasteiger partial charge on any atom is -0.436 e. The van der Waals surface area contributed by atoms with Gasteiger partial charge in [-0.15, -0.1) is 0 Å². The van der Waals surface area contributed by atoms with Crippen molar-refractivity contribution in [2.75, 3.05) is 0 Å². The van der Waals surface area contributed by atoms with Gasteiger partial charge in [0.15, 0.2) is 5.58 Å². The summed E-state index contributed by atoms with van der Waals surface area (Å²) in [6.45, 7) is 0. The second-order valence-corrected chi connectivity index (χ2v) is 6.65. The minimum absolute atomic E-state index is 0.660. The molecular formula is C21H12BrNO. The van der Waals surface area contributed by atoms with Crippen molar-refractivity contribution in [1.82, 2.24) is 4.98 Å². The summed E-state index contributed by atoms with van der Waals surface area (Å²) < 4.78 is 7.08. The van der Waals surface area contributed by atoms with E-state index in [1.165, 1.54) is 16.2 Å². The zero-order valence-corrected chi connectivity index (χ0v) is 14.2. The number of oxazole rings is 1. The van der Waals surface area contributed by atoms with Crippen LogP contribution in [0.2, 0.25) is 0 Å². The fourth-order valence-electron chi connectivity index (χ4n) is 3.23. The highest BCUT2D eigenvalue weighted by Gasteiger charge is 2.12. The predicted molar refractivity (Wildman–Crippen MR) is 102 cm³/mol. The molecule has 0 amide bonds. The number of hydrogen-bond acceptors (Lipinski definition) is 2. The van der Waals surface area contributed by atoms with Gasteiger partial charge in [-0.05, 0) is 46.5 Å². The smallest absolute Gasteiger partial charge is 0.227 e. The lowest BCUT2D eigenvalue weighted by molar-refractivity contribution is 0.620. The average molecular weight is 374 g/mol. The molecule has 0 aliphatic carbocycles. The van der Waals surface area contributed by atoms with E-state index in [-0.39, 0.29) is 0 Å². The van der Waals surface area contributed by atoms with Crippen LogP contribution in [0.15, 0.2) is 81.7 Å². The van der Waals surface area contributed by atoms with Crippen LogP contribution < -0.4 is 0 Å². The third-order valence-electron chi connectivity index (χ3n) is 4.38. The molecule has 4 aromatic carbocycles. The van der Waals surface area contributed by atoms with E-state index in [0.717, 1.165) is 26.5 Å². The Morgan fingerprint density at radius 1 is 0.667 bits per heavy atom. The predicted octanol–water partition coefficient (Wildman–Crippen LogP) is 6.56. The first kappa shape index (κ1) is 13.8. The number of fused-ring (bicyclic) bond motifs is 5. The topological polar surface area (TPSA) is 26.0 Å². The van der Waals surface area contributed by atoms with E-state index in [9.17, 15) is 0 Å². The minimum atomic E-state index is 0.660. The molecule has 0 saturated heterocycles. The summed E-state index contributed by atoms with van der Waals surface area (Å²) in [4.78, 5) is 4.76. The molecule has 2 nitrogen and oxygen atoms in total. The molecule has 0 aliphatic rings. The zero-order chi connectivity index (χ0) is 16.1. The van der Waals surface area contributed by atoms with E-state index in [2.05, 4.69) is 52.3 Å². The lowest BCUT2D eigenvalue weighted by atomic mass is 10.0. The van der Waals surface area contributed by atoms with Crippen molar-refractivity contribution >= 4 is 48.6 Å². The van der Waals surface area contributed by atoms with E-state index < -0.39 is 0 Å². The molecule has 114 valence electrons. The van der Waals surface area contributed by atoms with Gasteiger partial charge in [0.25, 0.3) is 0 Å². The first-order valence-electron chi connectivity index (χ1n) is 7.77. The van der Waals surface area contributed by atoms with Gasteiger partial charge in [-0.25, -0.2) is 4.98 Å². The third kappa shape index (κ3) is 1.98. The van der Waals surface area contributed by atoms with Gasteiger partial charge >= 0.3 is 0 Å². The summed E-state index contributed by atoms with van der Waals surface area (Å²) in [5.74, 6) is 0.660. The maximum Gasteiger partial charge on any atom is 0.227 e. The van der Waals surface area contributed by atoms with Crippen LogP contribution in [-0.2, 0) is 0 Å². The van der Waals surface area contributed by atoms with Crippen molar-refractivity contribution in [2.45, 2.75) is 0 Å². The van der Waals surface area contributed by atoms with Gasteiger partial charge in [0.05, 0.1) is 0 Å². The Hall–Kier alpha value is -2.65. The van der Waals surface area contributed by atoms with Gasteiger partial charge in [0.2, 0.25) is 5.89 Å². The Kier molecular flexibility index (Phi) is 2.97. The maximum atomic E-state index is 5.98. The Labute approximate surface area is 146 Å². The largest absolute Gasteiger partial charge is 0.436 e. The second-order valence-electron chi connectivity index (χ2n) is 5.79. The standard InChI is InChI=1S/C21H12BrNO/c22-18-8-4-7-14-15-11-12-19-20(17(15)10-9-16(14)18)23-21(24-19)13-5-2-1-3-6-13/h1-12H. The molecule has 3 heteroatoms. The first-order valence-corrected chi connectivity index (χ1v) is 8.56. The van der Waals surface area contributed by atoms with Crippen LogP contribution in [0.5, 0.6) is 0 Å². The van der Waals surface area contributed by atoms with Crippen LogP contribution in [0.25, 0.3) is 44.1 Å². The molecular weight excluding hydrogens is 362 g/mol. The van der Waals surface area contributed by atoms with E-state index in [0.29, 0.717) is 5.89 Å². The fourth-order valence-corrected chi connectivity index (χ4v) is 3.73. The number of nitrogens with zero attached hydrogens (tertiary/aromatic N) is 1. The molecule has 1 heterocycles. The molecule has 0 spiro atoms. The average Bonchev–Trinajstić information content (AvgIpc) is 3.07. The van der Waals surface area contributed by atoms with Crippen LogP contribution in [0.1, 0.15) is 0 Å². The summed E-state index contributed by atoms with van der Waals surface area (Å²) >= 11 is 3.63. The molecule has 5 rings (SSSR count). The summed E-state index contributed by atoms with van der Waals surface area (Å²) in [7, 11) is 0. The third-order valence-corrected chi connectivity index (χ3v) is 5.07. The van der Waals surface area contributed by atoms with Crippen molar-refractivity contribution in [3.8, 4) is 11.5 Å². The second kappa shape index (κ2) is 5.18. The molecule has 0 aliphatic heterocycles. The molecule has 5 aromatic rings. The van der Waals surface area contributed by atoms with Crippen LogP contribution in [0.4, 0.5) is 0 Å². The normalized spacial score (nSPS) is 11.5. The molecule has 0 atom stereocenters. The van der Waals surface area contributed by atoms with Crippen LogP contribution in [0.3, 0.4) is 0 Å². The lowest BCUT2D eigenvalue weighted by Gasteiger charge is -2.05. The number of benzene rings is 4. The molecule has 0 N–H and O–H groups in total. The molecule has 1 aromatic heterocycles. The molecule has 24 heavy (non-hydrogen) atoms. The van der Waals surface area contributed by atoms with Crippen LogP contribution in [0, 0.1) is 0 Å². The Morgan fingerprint density at radius 2 is 1.42 bits per heavy atom. The van der Waals surface area contributed by atoms with Crippen LogP contribution >= 0.6 is 15.9 Å². The quantitative estimate of drug-likeness (QED) is 0.311. The van der Waals surface area contributed by atoms with Crippen molar-refractivity contribution in [1.29, 1.82) is 0 Å². The van der Waals surface area contributed by atoms with E-state index in [4.69, 9.17) is 9.40 Å². The Morgan fingerprint density at radius 3 is 2.29 bits per heavy atom. The SMILES string of the molecule is Brc1cccc2c1ccc1c2ccc2oc(-c3ccccc3)nc21.